The molecule has 0 aromatic carbocycles. The van der Waals surface area contributed by atoms with Gasteiger partial charge < -0.3 is 4.90 Å². The van der Waals surface area contributed by atoms with Gasteiger partial charge in [-0.25, -0.2) is 0 Å². The lowest BCUT2D eigenvalue weighted by atomic mass is 9.79. The summed E-state index contributed by atoms with van der Waals surface area (Å²) in [4.78, 5) is 16.1. The molecule has 1 rings (SSSR count). The number of amides is 1. The molecule has 21 heavy (non-hydrogen) atoms. The average molecular weight is 306 g/mol. The van der Waals surface area contributed by atoms with Gasteiger partial charge in [-0.2, -0.15) is 5.26 Å². The van der Waals surface area contributed by atoms with Gasteiger partial charge in [0.1, 0.15) is 5.41 Å². The largest absolute Gasteiger partial charge is 0.334 e. The first-order valence-corrected chi connectivity index (χ1v) is 8.63. The van der Waals surface area contributed by atoms with Crippen molar-refractivity contribution in [2.75, 3.05) is 0 Å². The normalized spacial score (nSPS) is 11.4. The van der Waals surface area contributed by atoms with Crippen LogP contribution in [0.2, 0.25) is 0 Å². The Kier molecular flexibility index (Phi) is 6.91. The van der Waals surface area contributed by atoms with Gasteiger partial charge in [-0.05, 0) is 38.1 Å². The van der Waals surface area contributed by atoms with Crippen molar-refractivity contribution in [2.24, 2.45) is 5.41 Å². The molecular formula is C17H26N2OS. The van der Waals surface area contributed by atoms with Crippen LogP contribution in [0, 0.1) is 16.7 Å². The van der Waals surface area contributed by atoms with Gasteiger partial charge >= 0.3 is 0 Å². The topological polar surface area (TPSA) is 44.1 Å². The molecule has 0 aliphatic rings. The monoisotopic (exact) mass is 306 g/mol. The van der Waals surface area contributed by atoms with E-state index < -0.39 is 5.41 Å². The summed E-state index contributed by atoms with van der Waals surface area (Å²) >= 11 is 1.65. The molecule has 0 saturated carbocycles. The van der Waals surface area contributed by atoms with Crippen LogP contribution in [0.25, 0.3) is 0 Å². The molecule has 0 spiro atoms. The fourth-order valence-electron chi connectivity index (χ4n) is 2.69. The number of hydrogen-bond donors (Lipinski definition) is 0. The molecule has 116 valence electrons. The van der Waals surface area contributed by atoms with Gasteiger partial charge in [-0.3, -0.25) is 4.79 Å². The third kappa shape index (κ3) is 4.31. The Balaban J connectivity index is 3.04. The summed E-state index contributed by atoms with van der Waals surface area (Å²) in [5, 5.41) is 11.7. The number of carbonyl (C=O) groups is 1. The Labute approximate surface area is 132 Å². The number of carbonyl (C=O) groups excluding carboxylic acids is 1. The van der Waals surface area contributed by atoms with Gasteiger partial charge in [0.15, 0.2) is 0 Å². The van der Waals surface area contributed by atoms with Gasteiger partial charge in [-0.15, -0.1) is 11.3 Å². The SMILES string of the molecule is CCCC(C#N)(CCC)C(=O)N(Cc1cccs1)C(C)C. The van der Waals surface area contributed by atoms with E-state index in [2.05, 4.69) is 6.07 Å². The van der Waals surface area contributed by atoms with Crippen molar-refractivity contribution in [1.29, 1.82) is 5.26 Å². The Bertz CT molecular complexity index is 467. The molecule has 0 aliphatic carbocycles. The van der Waals surface area contributed by atoms with Gasteiger partial charge in [0.2, 0.25) is 5.91 Å². The van der Waals surface area contributed by atoms with E-state index in [0.29, 0.717) is 19.4 Å². The van der Waals surface area contributed by atoms with E-state index in [0.717, 1.165) is 17.7 Å². The number of hydrogen-bond acceptors (Lipinski definition) is 3. The fraction of sp³-hybridized carbons (Fsp3) is 0.647. The van der Waals surface area contributed by atoms with Crippen LogP contribution < -0.4 is 0 Å². The third-order valence-corrected chi connectivity index (χ3v) is 4.63. The van der Waals surface area contributed by atoms with E-state index in [1.165, 1.54) is 0 Å². The highest BCUT2D eigenvalue weighted by atomic mass is 32.1. The van der Waals surface area contributed by atoms with Crippen LogP contribution in [0.1, 0.15) is 58.3 Å². The zero-order valence-electron chi connectivity index (χ0n) is 13.6. The maximum atomic E-state index is 13.1. The summed E-state index contributed by atoms with van der Waals surface area (Å²) in [6.07, 6.45) is 2.99. The Morgan fingerprint density at radius 1 is 1.38 bits per heavy atom. The highest BCUT2D eigenvalue weighted by molar-refractivity contribution is 7.09. The molecule has 4 heteroatoms. The first kappa shape index (κ1) is 17.7. The van der Waals surface area contributed by atoms with Gasteiger partial charge in [0.25, 0.3) is 0 Å². The molecule has 0 saturated heterocycles. The second-order valence-corrected chi connectivity index (χ2v) is 6.83. The van der Waals surface area contributed by atoms with Crippen molar-refractivity contribution in [3.63, 3.8) is 0 Å². The molecule has 1 aromatic rings. The van der Waals surface area contributed by atoms with Crippen molar-refractivity contribution < 1.29 is 4.79 Å². The van der Waals surface area contributed by atoms with Crippen LogP contribution in [0.5, 0.6) is 0 Å². The molecule has 0 N–H and O–H groups in total. The molecule has 1 amide bonds. The van der Waals surface area contributed by atoms with E-state index in [9.17, 15) is 10.1 Å². The van der Waals surface area contributed by atoms with E-state index in [-0.39, 0.29) is 11.9 Å². The summed E-state index contributed by atoms with van der Waals surface area (Å²) in [6, 6.07) is 6.48. The zero-order valence-corrected chi connectivity index (χ0v) is 14.4. The van der Waals surface area contributed by atoms with Crippen molar-refractivity contribution in [3.8, 4) is 6.07 Å². The van der Waals surface area contributed by atoms with Crippen molar-refractivity contribution in [3.05, 3.63) is 22.4 Å². The maximum absolute atomic E-state index is 13.1. The molecule has 0 bridgehead atoms. The maximum Gasteiger partial charge on any atom is 0.243 e. The van der Waals surface area contributed by atoms with Crippen LogP contribution in [0.3, 0.4) is 0 Å². The molecule has 0 aliphatic heterocycles. The fourth-order valence-corrected chi connectivity index (χ4v) is 3.39. The zero-order chi connectivity index (χ0) is 15.9. The molecule has 0 atom stereocenters. The predicted molar refractivity (Wildman–Crippen MR) is 87.9 cm³/mol. The minimum Gasteiger partial charge on any atom is -0.334 e. The van der Waals surface area contributed by atoms with Gasteiger partial charge in [-0.1, -0.05) is 32.8 Å². The van der Waals surface area contributed by atoms with E-state index >= 15 is 0 Å². The quantitative estimate of drug-likeness (QED) is 0.704. The van der Waals surface area contributed by atoms with Crippen LogP contribution in [0.15, 0.2) is 17.5 Å². The summed E-state index contributed by atoms with van der Waals surface area (Å²) < 4.78 is 0. The highest BCUT2D eigenvalue weighted by Gasteiger charge is 2.40. The van der Waals surface area contributed by atoms with Crippen LogP contribution in [0.4, 0.5) is 0 Å². The van der Waals surface area contributed by atoms with E-state index in [1.807, 2.05) is 50.1 Å². The Morgan fingerprint density at radius 2 is 2.00 bits per heavy atom. The first-order chi connectivity index (χ1) is 10.0. The summed E-state index contributed by atoms with van der Waals surface area (Å²) in [7, 11) is 0. The number of thiophene rings is 1. The standard InChI is InChI=1S/C17H26N2OS/c1-5-9-17(13-18,10-6-2)16(20)19(14(3)4)12-15-8-7-11-21-15/h7-8,11,14H,5-6,9-10,12H2,1-4H3. The molecule has 1 heterocycles. The van der Waals surface area contributed by atoms with Crippen LogP contribution in [-0.4, -0.2) is 16.8 Å². The minimum atomic E-state index is -0.856. The number of nitrogens with zero attached hydrogens (tertiary/aromatic N) is 2. The van der Waals surface area contributed by atoms with Crippen molar-refractivity contribution >= 4 is 17.2 Å². The summed E-state index contributed by atoms with van der Waals surface area (Å²) in [5.74, 6) is -0.00269. The minimum absolute atomic E-state index is 0.00269. The number of nitriles is 1. The van der Waals surface area contributed by atoms with Gasteiger partial charge in [0.05, 0.1) is 12.6 Å². The number of rotatable bonds is 8. The van der Waals surface area contributed by atoms with Crippen LogP contribution in [-0.2, 0) is 11.3 Å². The summed E-state index contributed by atoms with van der Waals surface area (Å²) in [5.41, 5.74) is -0.856. The third-order valence-electron chi connectivity index (χ3n) is 3.77. The molecule has 1 aromatic heterocycles. The highest BCUT2D eigenvalue weighted by Crippen LogP contribution is 2.33. The lowest BCUT2D eigenvalue weighted by Crippen LogP contribution is -2.46. The lowest BCUT2D eigenvalue weighted by molar-refractivity contribution is -0.142. The van der Waals surface area contributed by atoms with E-state index in [4.69, 9.17) is 0 Å². The predicted octanol–water partition coefficient (Wildman–Crippen LogP) is 4.60. The molecular weight excluding hydrogens is 280 g/mol. The second kappa shape index (κ2) is 8.19. The van der Waals surface area contributed by atoms with Crippen molar-refractivity contribution in [1.82, 2.24) is 4.90 Å². The van der Waals surface area contributed by atoms with Crippen LogP contribution >= 0.6 is 11.3 Å². The van der Waals surface area contributed by atoms with Gasteiger partial charge in [0, 0.05) is 10.9 Å². The summed E-state index contributed by atoms with van der Waals surface area (Å²) in [6.45, 7) is 8.71. The second-order valence-electron chi connectivity index (χ2n) is 5.80. The smallest absolute Gasteiger partial charge is 0.243 e. The van der Waals surface area contributed by atoms with E-state index in [1.54, 1.807) is 11.3 Å². The molecule has 3 nitrogen and oxygen atoms in total. The first-order valence-electron chi connectivity index (χ1n) is 7.75. The molecule has 0 fully saturated rings. The van der Waals surface area contributed by atoms with Crippen molar-refractivity contribution in [2.45, 2.75) is 66.0 Å². The lowest BCUT2D eigenvalue weighted by Gasteiger charge is -2.34. The average Bonchev–Trinajstić information content (AvgIpc) is 2.96. The Hall–Kier alpha value is -1.34. The molecule has 0 unspecified atom stereocenters. The molecule has 0 radical (unpaired) electrons. The Morgan fingerprint density at radius 3 is 2.38 bits per heavy atom.